The van der Waals surface area contributed by atoms with Crippen molar-refractivity contribution in [2.75, 3.05) is 18.4 Å². The van der Waals surface area contributed by atoms with E-state index in [1.165, 1.54) is 0 Å². The van der Waals surface area contributed by atoms with E-state index in [1.54, 1.807) is 37.9 Å². The smallest absolute Gasteiger partial charge is 0.413 e. The van der Waals surface area contributed by atoms with E-state index in [9.17, 15) is 9.59 Å². The molecule has 0 radical (unpaired) electrons. The second-order valence-electron chi connectivity index (χ2n) is 10.3. The number of carbonyl (C=O) groups is 2. The van der Waals surface area contributed by atoms with Crippen molar-refractivity contribution in [1.82, 2.24) is 9.88 Å². The molecule has 8 heteroatoms. The molecule has 2 amide bonds. The highest BCUT2D eigenvalue weighted by molar-refractivity contribution is 6.35. The van der Waals surface area contributed by atoms with Gasteiger partial charge in [0.15, 0.2) is 5.82 Å². The predicted octanol–water partition coefficient (Wildman–Crippen LogP) is 6.23. The first-order chi connectivity index (χ1) is 15.8. The van der Waals surface area contributed by atoms with Crippen molar-refractivity contribution in [2.45, 2.75) is 65.6 Å². The van der Waals surface area contributed by atoms with Gasteiger partial charge in [-0.2, -0.15) is 0 Å². The van der Waals surface area contributed by atoms with Gasteiger partial charge in [-0.15, -0.1) is 0 Å². The highest BCUT2D eigenvalue weighted by atomic mass is 35.5. The third-order valence-electron chi connectivity index (χ3n) is 5.05. The summed E-state index contributed by atoms with van der Waals surface area (Å²) in [4.78, 5) is 30.8. The lowest BCUT2D eigenvalue weighted by Crippen LogP contribution is -2.41. The van der Waals surface area contributed by atoms with Gasteiger partial charge in [-0.05, 0) is 60.5 Å². The Balaban J connectivity index is 1.82. The Kier molecular flexibility index (Phi) is 7.62. The van der Waals surface area contributed by atoms with E-state index in [0.29, 0.717) is 29.5 Å². The molecule has 1 aromatic carbocycles. The van der Waals surface area contributed by atoms with E-state index >= 15 is 0 Å². The minimum atomic E-state index is -0.641. The summed E-state index contributed by atoms with van der Waals surface area (Å²) >= 11 is 6.36. The summed E-state index contributed by atoms with van der Waals surface area (Å²) in [7, 11) is 0. The first-order valence-corrected chi connectivity index (χ1v) is 11.8. The van der Waals surface area contributed by atoms with Crippen LogP contribution in [0.15, 0.2) is 24.4 Å². The monoisotopic (exact) mass is 485 g/mol. The summed E-state index contributed by atoms with van der Waals surface area (Å²) in [5.41, 5.74) is -0.577. The predicted molar refractivity (Wildman–Crippen MR) is 134 cm³/mol. The zero-order valence-electron chi connectivity index (χ0n) is 20.6. The third kappa shape index (κ3) is 7.01. The van der Waals surface area contributed by atoms with E-state index in [2.05, 4.69) is 22.1 Å². The molecule has 182 valence electrons. The van der Waals surface area contributed by atoms with Crippen LogP contribution in [-0.4, -0.2) is 46.4 Å². The lowest BCUT2D eigenvalue weighted by atomic mass is 9.97. The average molecular weight is 486 g/mol. The number of likely N-dealkylation sites (tertiary alicyclic amines) is 1. The van der Waals surface area contributed by atoms with Crippen LogP contribution in [0.4, 0.5) is 15.4 Å². The summed E-state index contributed by atoms with van der Waals surface area (Å²) in [6.45, 7) is 12.1. The highest BCUT2D eigenvalue weighted by Crippen LogP contribution is 2.29. The minimum absolute atomic E-state index is 0.0995. The molecule has 2 heterocycles. The summed E-state index contributed by atoms with van der Waals surface area (Å²) in [6.07, 6.45) is 2.19. The van der Waals surface area contributed by atoms with Crippen LogP contribution in [0.2, 0.25) is 5.02 Å². The number of anilines is 1. The maximum atomic E-state index is 12.4. The maximum absolute atomic E-state index is 12.4. The van der Waals surface area contributed by atoms with Crippen molar-refractivity contribution in [1.29, 1.82) is 0 Å². The van der Waals surface area contributed by atoms with Crippen molar-refractivity contribution < 1.29 is 19.1 Å². The molecule has 0 bridgehead atoms. The number of pyridine rings is 1. The molecular formula is C26H32ClN3O4. The van der Waals surface area contributed by atoms with E-state index in [1.807, 2.05) is 32.9 Å². The average Bonchev–Trinajstić information content (AvgIpc) is 2.71. The second-order valence-corrected chi connectivity index (χ2v) is 10.7. The topological polar surface area (TPSA) is 80.8 Å². The Bertz CT molecular complexity index is 1130. The van der Waals surface area contributed by atoms with Gasteiger partial charge in [0, 0.05) is 41.0 Å². The lowest BCUT2D eigenvalue weighted by molar-refractivity contribution is 0.0199. The Morgan fingerprint density at radius 2 is 1.71 bits per heavy atom. The molecule has 0 unspecified atom stereocenters. The largest absolute Gasteiger partial charge is 0.444 e. The first kappa shape index (κ1) is 25.6. The molecule has 1 N–H and O–H groups in total. The Morgan fingerprint density at radius 3 is 2.32 bits per heavy atom. The molecule has 0 atom stereocenters. The number of nitrogens with zero attached hydrogens (tertiary/aromatic N) is 2. The summed E-state index contributed by atoms with van der Waals surface area (Å²) in [5.74, 6) is 6.96. The number of benzene rings is 1. The molecule has 1 aliphatic rings. The van der Waals surface area contributed by atoms with Crippen LogP contribution in [-0.2, 0) is 9.47 Å². The quantitative estimate of drug-likeness (QED) is 0.484. The summed E-state index contributed by atoms with van der Waals surface area (Å²) < 4.78 is 10.8. The van der Waals surface area contributed by atoms with Gasteiger partial charge >= 0.3 is 12.2 Å². The minimum Gasteiger partial charge on any atom is -0.444 e. The molecule has 1 aliphatic heterocycles. The number of piperidine rings is 1. The first-order valence-electron chi connectivity index (χ1n) is 11.4. The van der Waals surface area contributed by atoms with Gasteiger partial charge in [0.05, 0.1) is 5.56 Å². The van der Waals surface area contributed by atoms with Crippen molar-refractivity contribution in [3.8, 4) is 11.8 Å². The molecule has 0 aliphatic carbocycles. The van der Waals surface area contributed by atoms with Crippen LogP contribution in [0.5, 0.6) is 0 Å². The molecule has 3 rings (SSSR count). The molecule has 1 aromatic heterocycles. The molecule has 7 nitrogen and oxygen atoms in total. The van der Waals surface area contributed by atoms with Gasteiger partial charge in [-0.25, -0.2) is 14.6 Å². The number of fused-ring (bicyclic) bond motifs is 1. The SMILES string of the molecule is CC(C)(C)OC(=O)Nc1ncc2c(Cl)cccc2c1C#CC1CCN(C(=O)OC(C)(C)C)CC1. The van der Waals surface area contributed by atoms with Crippen molar-refractivity contribution >= 4 is 40.4 Å². The maximum Gasteiger partial charge on any atom is 0.413 e. The fourth-order valence-electron chi connectivity index (χ4n) is 3.54. The molecule has 2 aromatic rings. The van der Waals surface area contributed by atoms with Crippen LogP contribution in [0.25, 0.3) is 10.8 Å². The van der Waals surface area contributed by atoms with E-state index in [4.69, 9.17) is 21.1 Å². The Morgan fingerprint density at radius 1 is 1.06 bits per heavy atom. The van der Waals surface area contributed by atoms with Crippen molar-refractivity contribution in [2.24, 2.45) is 5.92 Å². The van der Waals surface area contributed by atoms with Crippen molar-refractivity contribution in [3.05, 3.63) is 35.0 Å². The molecule has 0 spiro atoms. The zero-order chi connectivity index (χ0) is 25.1. The van der Waals surface area contributed by atoms with E-state index in [0.717, 1.165) is 23.6 Å². The molecule has 0 saturated carbocycles. The fraction of sp³-hybridized carbons (Fsp3) is 0.500. The van der Waals surface area contributed by atoms with Crippen LogP contribution in [0.3, 0.4) is 0 Å². The molecule has 1 fully saturated rings. The second kappa shape index (κ2) is 10.1. The number of rotatable bonds is 1. The molecule has 34 heavy (non-hydrogen) atoms. The highest BCUT2D eigenvalue weighted by Gasteiger charge is 2.26. The zero-order valence-corrected chi connectivity index (χ0v) is 21.4. The van der Waals surface area contributed by atoms with Gasteiger partial charge in [0.1, 0.15) is 11.2 Å². The Labute approximate surface area is 206 Å². The number of carbonyl (C=O) groups excluding carboxylic acids is 2. The fourth-order valence-corrected chi connectivity index (χ4v) is 3.76. The van der Waals surface area contributed by atoms with Gasteiger partial charge in [-0.1, -0.05) is 35.6 Å². The van der Waals surface area contributed by atoms with Crippen molar-refractivity contribution in [3.63, 3.8) is 0 Å². The van der Waals surface area contributed by atoms with E-state index < -0.39 is 17.3 Å². The van der Waals surface area contributed by atoms with Gasteiger partial charge in [-0.3, -0.25) is 5.32 Å². The number of aromatic nitrogens is 1. The van der Waals surface area contributed by atoms with Gasteiger partial charge in [0.25, 0.3) is 0 Å². The number of ether oxygens (including phenoxy) is 2. The standard InChI is InChI=1S/C26H32ClN3O4/c1-25(2,3)33-23(31)29-22-19(18-8-7-9-21(27)20(18)16-28-22)11-10-17-12-14-30(15-13-17)24(32)34-26(4,5)6/h7-9,16-17H,12-15H2,1-6H3,(H,28,29,31). The Hall–Kier alpha value is -2.98. The summed E-state index contributed by atoms with van der Waals surface area (Å²) in [5, 5.41) is 4.83. The summed E-state index contributed by atoms with van der Waals surface area (Å²) in [6, 6.07) is 5.53. The normalized spacial score (nSPS) is 14.9. The number of hydrogen-bond acceptors (Lipinski definition) is 5. The number of halogens is 1. The van der Waals surface area contributed by atoms with Crippen LogP contribution >= 0.6 is 11.6 Å². The van der Waals surface area contributed by atoms with E-state index in [-0.39, 0.29) is 12.0 Å². The number of nitrogens with one attached hydrogen (secondary N) is 1. The third-order valence-corrected chi connectivity index (χ3v) is 5.38. The number of hydrogen-bond donors (Lipinski definition) is 1. The van der Waals surface area contributed by atoms with Gasteiger partial charge < -0.3 is 14.4 Å². The molecular weight excluding hydrogens is 454 g/mol. The molecule has 1 saturated heterocycles. The number of amides is 2. The van der Waals surface area contributed by atoms with Crippen LogP contribution in [0, 0.1) is 17.8 Å². The lowest BCUT2D eigenvalue weighted by Gasteiger charge is -2.31. The van der Waals surface area contributed by atoms with Gasteiger partial charge in [0.2, 0.25) is 0 Å². The van der Waals surface area contributed by atoms with Crippen LogP contribution in [0.1, 0.15) is 59.9 Å². The van der Waals surface area contributed by atoms with Crippen LogP contribution < -0.4 is 5.32 Å².